The van der Waals surface area contributed by atoms with Crippen LogP contribution in [0.5, 0.6) is 5.75 Å². The monoisotopic (exact) mass is 304 g/mol. The summed E-state index contributed by atoms with van der Waals surface area (Å²) in [6, 6.07) is 13.6. The molecule has 0 aliphatic heterocycles. The van der Waals surface area contributed by atoms with Crippen LogP contribution in [0.25, 0.3) is 11.0 Å². The Hall–Kier alpha value is -1.78. The van der Waals surface area contributed by atoms with Gasteiger partial charge in [0.25, 0.3) is 0 Å². The summed E-state index contributed by atoms with van der Waals surface area (Å²) in [5.41, 5.74) is 3.13. The van der Waals surface area contributed by atoms with Gasteiger partial charge in [-0.25, -0.2) is 0 Å². The molecule has 1 aromatic heterocycles. The van der Waals surface area contributed by atoms with Gasteiger partial charge in [-0.15, -0.1) is 0 Å². The molecule has 0 radical (unpaired) electrons. The van der Waals surface area contributed by atoms with Crippen molar-refractivity contribution in [3.8, 4) is 5.75 Å². The van der Waals surface area contributed by atoms with Gasteiger partial charge >= 0.3 is 0 Å². The summed E-state index contributed by atoms with van der Waals surface area (Å²) < 4.78 is 8.00. The van der Waals surface area contributed by atoms with Gasteiger partial charge in [-0.2, -0.15) is 0 Å². The zero-order valence-electron chi connectivity index (χ0n) is 10.9. The van der Waals surface area contributed by atoms with E-state index in [1.54, 1.807) is 7.11 Å². The van der Waals surface area contributed by atoms with Crippen molar-refractivity contribution in [2.75, 3.05) is 7.11 Å². The quantitative estimate of drug-likeness (QED) is 0.726. The number of nitrogens with zero attached hydrogens (tertiary/aromatic N) is 1. The largest absolute Gasteiger partial charge is 0.497 e. The van der Waals surface area contributed by atoms with Gasteiger partial charge in [-0.3, -0.25) is 0 Å². The number of aromatic nitrogens is 2. The Morgan fingerprint density at radius 1 is 1.25 bits per heavy atom. The zero-order chi connectivity index (χ0) is 14.1. The maximum absolute atomic E-state index is 6.03. The second kappa shape index (κ2) is 5.31. The lowest BCUT2D eigenvalue weighted by Gasteiger charge is -2.06. The third-order valence-corrected chi connectivity index (χ3v) is 3.77. The van der Waals surface area contributed by atoms with Crippen LogP contribution in [0.2, 0.25) is 5.02 Å². The molecular weight excluding hydrogens is 292 g/mol. The second-order valence-corrected chi connectivity index (χ2v) is 5.35. The highest BCUT2D eigenvalue weighted by molar-refractivity contribution is 7.71. The SMILES string of the molecule is COc1ccc2[nH]c(=S)n(Cc3cccc(Cl)c3)c2c1. The molecule has 102 valence electrons. The van der Waals surface area contributed by atoms with Crippen LogP contribution in [0.15, 0.2) is 42.5 Å². The maximum atomic E-state index is 6.03. The lowest BCUT2D eigenvalue weighted by Crippen LogP contribution is -1.99. The average Bonchev–Trinajstić information content (AvgIpc) is 2.74. The van der Waals surface area contributed by atoms with Crippen molar-refractivity contribution in [2.24, 2.45) is 0 Å². The van der Waals surface area contributed by atoms with Gasteiger partial charge in [-0.05, 0) is 42.0 Å². The van der Waals surface area contributed by atoms with Crippen LogP contribution in [0, 0.1) is 4.77 Å². The first kappa shape index (κ1) is 13.2. The van der Waals surface area contributed by atoms with Crippen molar-refractivity contribution in [3.05, 3.63) is 57.8 Å². The number of aromatic amines is 1. The van der Waals surface area contributed by atoms with E-state index >= 15 is 0 Å². The summed E-state index contributed by atoms with van der Waals surface area (Å²) in [7, 11) is 1.66. The summed E-state index contributed by atoms with van der Waals surface area (Å²) in [6.07, 6.45) is 0. The Kier molecular flexibility index (Phi) is 3.51. The molecule has 0 fully saturated rings. The Labute approximate surface area is 126 Å². The van der Waals surface area contributed by atoms with Crippen LogP contribution in [-0.4, -0.2) is 16.7 Å². The van der Waals surface area contributed by atoms with E-state index in [9.17, 15) is 0 Å². The number of hydrogen-bond donors (Lipinski definition) is 1. The predicted octanol–water partition coefficient (Wildman–Crippen LogP) is 4.41. The minimum Gasteiger partial charge on any atom is -0.497 e. The fraction of sp³-hybridized carbons (Fsp3) is 0.133. The van der Waals surface area contributed by atoms with Crippen LogP contribution in [0.4, 0.5) is 0 Å². The summed E-state index contributed by atoms with van der Waals surface area (Å²) >= 11 is 11.4. The minimum atomic E-state index is 0.673. The van der Waals surface area contributed by atoms with Gasteiger partial charge in [0, 0.05) is 11.1 Å². The van der Waals surface area contributed by atoms with E-state index in [0.29, 0.717) is 11.3 Å². The van der Waals surface area contributed by atoms with E-state index in [1.165, 1.54) is 0 Å². The lowest BCUT2D eigenvalue weighted by molar-refractivity contribution is 0.415. The molecule has 0 unspecified atom stereocenters. The van der Waals surface area contributed by atoms with E-state index in [0.717, 1.165) is 27.4 Å². The van der Waals surface area contributed by atoms with Crippen LogP contribution >= 0.6 is 23.8 Å². The van der Waals surface area contributed by atoms with Crippen LogP contribution in [0.3, 0.4) is 0 Å². The average molecular weight is 305 g/mol. The minimum absolute atomic E-state index is 0.673. The molecule has 0 aliphatic carbocycles. The third kappa shape index (κ3) is 2.44. The van der Waals surface area contributed by atoms with Gasteiger partial charge in [0.1, 0.15) is 5.75 Å². The van der Waals surface area contributed by atoms with Gasteiger partial charge < -0.3 is 14.3 Å². The molecular formula is C15H13ClN2OS. The van der Waals surface area contributed by atoms with Crippen molar-refractivity contribution in [3.63, 3.8) is 0 Å². The van der Waals surface area contributed by atoms with Gasteiger partial charge in [0.2, 0.25) is 0 Å². The predicted molar refractivity (Wildman–Crippen MR) is 84.2 cm³/mol. The lowest BCUT2D eigenvalue weighted by atomic mass is 10.2. The van der Waals surface area contributed by atoms with Crippen LogP contribution in [-0.2, 0) is 6.54 Å². The molecule has 2 aromatic carbocycles. The molecule has 3 aromatic rings. The first-order valence-electron chi connectivity index (χ1n) is 6.18. The summed E-state index contributed by atoms with van der Waals surface area (Å²) in [6.45, 7) is 0.673. The molecule has 1 N–H and O–H groups in total. The van der Waals surface area contributed by atoms with Crippen molar-refractivity contribution in [1.82, 2.24) is 9.55 Å². The molecule has 0 saturated carbocycles. The topological polar surface area (TPSA) is 29.9 Å². The van der Waals surface area contributed by atoms with E-state index in [1.807, 2.05) is 47.0 Å². The van der Waals surface area contributed by atoms with E-state index < -0.39 is 0 Å². The van der Waals surface area contributed by atoms with Crippen molar-refractivity contribution >= 4 is 34.9 Å². The number of fused-ring (bicyclic) bond motifs is 1. The zero-order valence-corrected chi connectivity index (χ0v) is 12.5. The molecule has 3 rings (SSSR count). The first-order valence-corrected chi connectivity index (χ1v) is 6.97. The highest BCUT2D eigenvalue weighted by Gasteiger charge is 2.06. The Bertz CT molecular complexity index is 822. The van der Waals surface area contributed by atoms with Crippen LogP contribution < -0.4 is 4.74 Å². The first-order chi connectivity index (χ1) is 9.67. The molecule has 0 amide bonds. The van der Waals surface area contributed by atoms with Crippen LogP contribution in [0.1, 0.15) is 5.56 Å². The van der Waals surface area contributed by atoms with Gasteiger partial charge in [-0.1, -0.05) is 23.7 Å². The van der Waals surface area contributed by atoms with E-state index in [4.69, 9.17) is 28.6 Å². The molecule has 0 spiro atoms. The fourth-order valence-corrected chi connectivity index (χ4v) is 2.72. The number of benzene rings is 2. The number of halogens is 1. The van der Waals surface area contributed by atoms with Gasteiger partial charge in [0.15, 0.2) is 4.77 Å². The molecule has 0 saturated heterocycles. The van der Waals surface area contributed by atoms with Crippen molar-refractivity contribution < 1.29 is 4.74 Å². The number of H-pyrrole nitrogens is 1. The fourth-order valence-electron chi connectivity index (χ4n) is 2.23. The van der Waals surface area contributed by atoms with Gasteiger partial charge in [0.05, 0.1) is 24.7 Å². The Morgan fingerprint density at radius 2 is 2.10 bits per heavy atom. The summed E-state index contributed by atoms with van der Waals surface area (Å²) in [5, 5.41) is 0.728. The summed E-state index contributed by atoms with van der Waals surface area (Å²) in [4.78, 5) is 3.20. The Morgan fingerprint density at radius 3 is 2.85 bits per heavy atom. The molecule has 3 nitrogen and oxygen atoms in total. The standard InChI is InChI=1S/C15H13ClN2OS/c1-19-12-5-6-13-14(8-12)18(15(20)17-13)9-10-3-2-4-11(16)7-10/h2-8H,9H2,1H3,(H,17,20). The third-order valence-electron chi connectivity index (χ3n) is 3.21. The molecule has 0 bridgehead atoms. The van der Waals surface area contributed by atoms with Crippen molar-refractivity contribution in [2.45, 2.75) is 6.54 Å². The molecule has 0 aliphatic rings. The number of rotatable bonds is 3. The highest BCUT2D eigenvalue weighted by atomic mass is 35.5. The Balaban J connectivity index is 2.10. The number of hydrogen-bond acceptors (Lipinski definition) is 2. The van der Waals surface area contributed by atoms with Crippen molar-refractivity contribution in [1.29, 1.82) is 0 Å². The molecule has 5 heteroatoms. The molecule has 1 heterocycles. The number of imidazole rings is 1. The summed E-state index contributed by atoms with van der Waals surface area (Å²) in [5.74, 6) is 0.811. The number of methoxy groups -OCH3 is 1. The normalized spacial score (nSPS) is 10.9. The second-order valence-electron chi connectivity index (χ2n) is 4.53. The molecule has 0 atom stereocenters. The highest BCUT2D eigenvalue weighted by Crippen LogP contribution is 2.22. The van der Waals surface area contributed by atoms with E-state index in [2.05, 4.69) is 4.98 Å². The molecule has 20 heavy (non-hydrogen) atoms. The smallest absolute Gasteiger partial charge is 0.178 e. The number of nitrogens with one attached hydrogen (secondary N) is 1. The number of ether oxygens (including phenoxy) is 1. The maximum Gasteiger partial charge on any atom is 0.178 e. The van der Waals surface area contributed by atoms with E-state index in [-0.39, 0.29) is 0 Å².